The molecule has 0 spiro atoms. The predicted octanol–water partition coefficient (Wildman–Crippen LogP) is 4.69. The first kappa shape index (κ1) is 30.2. The standard InChI is InChI=1S/C30H36ClFN6O3/c1-18(2)4-3-5-20-12-24(27(32)25(31)13-20)26-14-21-15-38(30(40)37-28(21)36-26)22-8-6-19(7-9-22)17-41-23(16-39)10-11-35-29(33)34/h6-9,12-15,18,23,39H,3-5,10-11,16-17H2,1-2H3,(H4,33,34,35)(H,36,37,40)/t23-/m1/s1. The van der Waals surface area contributed by atoms with Gasteiger partial charge in [-0.2, -0.15) is 4.98 Å². The van der Waals surface area contributed by atoms with Crippen LogP contribution in [0.2, 0.25) is 5.02 Å². The topological polar surface area (TPSA) is 145 Å². The van der Waals surface area contributed by atoms with E-state index in [4.69, 9.17) is 27.8 Å². The molecule has 4 aromatic rings. The number of aliphatic imine (C=N–C) groups is 1. The average Bonchev–Trinajstić information content (AvgIpc) is 3.34. The molecule has 0 bridgehead atoms. The van der Waals surface area contributed by atoms with E-state index in [2.05, 4.69) is 28.8 Å². The van der Waals surface area contributed by atoms with Crippen LogP contribution in [0.4, 0.5) is 4.39 Å². The summed E-state index contributed by atoms with van der Waals surface area (Å²) in [4.78, 5) is 24.0. The zero-order chi connectivity index (χ0) is 29.5. The lowest BCUT2D eigenvalue weighted by molar-refractivity contribution is -0.000538. The molecule has 11 heteroatoms. The first-order chi connectivity index (χ1) is 19.6. The van der Waals surface area contributed by atoms with Crippen LogP contribution in [0.25, 0.3) is 28.0 Å². The number of hydrogen-bond acceptors (Lipinski definition) is 5. The fraction of sp³-hybridized carbons (Fsp3) is 0.367. The normalized spacial score (nSPS) is 12.2. The van der Waals surface area contributed by atoms with Gasteiger partial charge in [0, 0.05) is 23.7 Å². The fourth-order valence-corrected chi connectivity index (χ4v) is 4.80. The zero-order valence-electron chi connectivity index (χ0n) is 23.2. The van der Waals surface area contributed by atoms with Gasteiger partial charge >= 0.3 is 5.69 Å². The Labute approximate surface area is 243 Å². The van der Waals surface area contributed by atoms with Crippen molar-refractivity contribution in [1.82, 2.24) is 14.5 Å². The molecule has 41 heavy (non-hydrogen) atoms. The van der Waals surface area contributed by atoms with E-state index in [1.54, 1.807) is 36.5 Å². The number of guanidine groups is 1. The fourth-order valence-electron chi connectivity index (χ4n) is 4.56. The number of aromatic amines is 1. The quantitative estimate of drug-likeness (QED) is 0.133. The first-order valence-electron chi connectivity index (χ1n) is 13.6. The van der Waals surface area contributed by atoms with Gasteiger partial charge in [0.2, 0.25) is 0 Å². The largest absolute Gasteiger partial charge is 0.394 e. The van der Waals surface area contributed by atoms with Crippen LogP contribution >= 0.6 is 11.6 Å². The third-order valence-corrected chi connectivity index (χ3v) is 7.06. The number of hydrogen-bond donors (Lipinski definition) is 4. The van der Waals surface area contributed by atoms with Crippen molar-refractivity contribution in [1.29, 1.82) is 0 Å². The summed E-state index contributed by atoms with van der Waals surface area (Å²) in [5.74, 6) is 0.0714. The highest BCUT2D eigenvalue weighted by Gasteiger charge is 2.16. The highest BCUT2D eigenvalue weighted by molar-refractivity contribution is 6.31. The Kier molecular flexibility index (Phi) is 10.1. The van der Waals surface area contributed by atoms with E-state index in [0.717, 1.165) is 30.4 Å². The second kappa shape index (κ2) is 13.8. The zero-order valence-corrected chi connectivity index (χ0v) is 24.0. The molecule has 0 aliphatic carbocycles. The van der Waals surface area contributed by atoms with Gasteiger partial charge in [0.15, 0.2) is 11.8 Å². The predicted molar refractivity (Wildman–Crippen MR) is 161 cm³/mol. The lowest BCUT2D eigenvalue weighted by atomic mass is 10.00. The third-order valence-electron chi connectivity index (χ3n) is 6.78. The van der Waals surface area contributed by atoms with Gasteiger partial charge in [0.1, 0.15) is 5.65 Å². The number of aliphatic hydroxyl groups excluding tert-OH is 1. The maximum atomic E-state index is 15.1. The van der Waals surface area contributed by atoms with E-state index in [1.165, 1.54) is 4.57 Å². The van der Waals surface area contributed by atoms with Crippen molar-refractivity contribution in [3.63, 3.8) is 0 Å². The molecule has 218 valence electrons. The van der Waals surface area contributed by atoms with E-state index in [9.17, 15) is 9.90 Å². The van der Waals surface area contributed by atoms with Crippen molar-refractivity contribution in [3.05, 3.63) is 81.1 Å². The van der Waals surface area contributed by atoms with Crippen LogP contribution in [0.1, 0.15) is 44.2 Å². The van der Waals surface area contributed by atoms with E-state index < -0.39 is 17.6 Å². The number of nitrogens with zero attached hydrogens (tertiary/aromatic N) is 3. The van der Waals surface area contributed by atoms with Crippen molar-refractivity contribution in [3.8, 4) is 16.9 Å². The number of fused-ring (bicyclic) bond motifs is 1. The molecule has 0 amide bonds. The van der Waals surface area contributed by atoms with Crippen LogP contribution in [-0.2, 0) is 17.8 Å². The van der Waals surface area contributed by atoms with Gasteiger partial charge in [0.25, 0.3) is 0 Å². The van der Waals surface area contributed by atoms with E-state index in [-0.39, 0.29) is 24.2 Å². The number of nitrogens with one attached hydrogen (secondary N) is 1. The first-order valence-corrected chi connectivity index (χ1v) is 14.0. The molecule has 0 saturated heterocycles. The summed E-state index contributed by atoms with van der Waals surface area (Å²) in [6.45, 7) is 4.82. The molecule has 0 aliphatic rings. The Morgan fingerprint density at radius 3 is 2.61 bits per heavy atom. The van der Waals surface area contributed by atoms with Crippen LogP contribution in [-0.4, -0.2) is 44.9 Å². The Balaban J connectivity index is 1.52. The second-order valence-corrected chi connectivity index (χ2v) is 10.9. The van der Waals surface area contributed by atoms with Gasteiger partial charge in [-0.25, -0.2) is 9.18 Å². The van der Waals surface area contributed by atoms with Crippen molar-refractivity contribution in [2.24, 2.45) is 22.4 Å². The smallest absolute Gasteiger partial charge is 0.354 e. The Morgan fingerprint density at radius 1 is 1.17 bits per heavy atom. The van der Waals surface area contributed by atoms with Gasteiger partial charge in [-0.1, -0.05) is 44.0 Å². The number of nitrogens with two attached hydrogens (primary N) is 2. The van der Waals surface area contributed by atoms with E-state index in [0.29, 0.717) is 46.9 Å². The number of benzene rings is 2. The highest BCUT2D eigenvalue weighted by atomic mass is 35.5. The summed E-state index contributed by atoms with van der Waals surface area (Å²) >= 11 is 6.24. The minimum atomic E-state index is -0.515. The number of H-pyrrole nitrogens is 1. The minimum absolute atomic E-state index is 0.00524. The highest BCUT2D eigenvalue weighted by Crippen LogP contribution is 2.31. The Hall–Kier alpha value is -3.73. The van der Waals surface area contributed by atoms with Crippen molar-refractivity contribution in [2.45, 2.75) is 52.2 Å². The maximum absolute atomic E-state index is 15.1. The molecular formula is C30H36ClFN6O3. The summed E-state index contributed by atoms with van der Waals surface area (Å²) in [6.07, 6.45) is 4.60. The van der Waals surface area contributed by atoms with Crippen LogP contribution in [0.3, 0.4) is 0 Å². The Morgan fingerprint density at radius 2 is 1.93 bits per heavy atom. The molecule has 4 rings (SSSR count). The maximum Gasteiger partial charge on any atom is 0.354 e. The molecule has 2 aromatic heterocycles. The third kappa shape index (κ3) is 7.93. The number of aryl methyl sites for hydroxylation is 1. The van der Waals surface area contributed by atoms with Crippen LogP contribution in [0, 0.1) is 11.7 Å². The molecule has 0 fully saturated rings. The Bertz CT molecular complexity index is 1560. The molecule has 2 heterocycles. The summed E-state index contributed by atoms with van der Waals surface area (Å²) in [5, 5.41) is 10.3. The van der Waals surface area contributed by atoms with Gasteiger partial charge in [-0.05, 0) is 66.6 Å². The molecule has 0 radical (unpaired) electrons. The van der Waals surface area contributed by atoms with Gasteiger partial charge in [-0.15, -0.1) is 0 Å². The molecule has 1 atom stereocenters. The van der Waals surface area contributed by atoms with E-state index >= 15 is 4.39 Å². The summed E-state index contributed by atoms with van der Waals surface area (Å²) in [7, 11) is 0. The van der Waals surface area contributed by atoms with E-state index in [1.807, 2.05) is 12.1 Å². The number of ether oxygens (including phenoxy) is 1. The molecule has 0 unspecified atom stereocenters. The molecule has 0 saturated carbocycles. The molecular weight excluding hydrogens is 547 g/mol. The summed E-state index contributed by atoms with van der Waals surface area (Å²) in [5.41, 5.74) is 13.8. The lowest BCUT2D eigenvalue weighted by Gasteiger charge is -2.15. The monoisotopic (exact) mass is 582 g/mol. The van der Waals surface area contributed by atoms with Crippen LogP contribution in [0.15, 0.2) is 58.4 Å². The lowest BCUT2D eigenvalue weighted by Crippen LogP contribution is -2.24. The summed E-state index contributed by atoms with van der Waals surface area (Å²) in [6, 6.07) is 12.5. The van der Waals surface area contributed by atoms with Gasteiger partial charge < -0.3 is 26.3 Å². The molecule has 0 aliphatic heterocycles. The minimum Gasteiger partial charge on any atom is -0.394 e. The molecule has 2 aromatic carbocycles. The van der Waals surface area contributed by atoms with Crippen LogP contribution in [0.5, 0.6) is 0 Å². The van der Waals surface area contributed by atoms with Crippen molar-refractivity contribution < 1.29 is 14.2 Å². The summed E-state index contributed by atoms with van der Waals surface area (Å²) < 4.78 is 22.3. The SMILES string of the molecule is CC(C)CCCc1cc(Cl)c(F)c(-c2cc3cn(-c4ccc(CO[C@@H](CO)CCN=C(N)N)cc4)c(=O)nc3[nH]2)c1. The average molecular weight is 583 g/mol. The second-order valence-electron chi connectivity index (χ2n) is 10.5. The number of halogens is 2. The number of aliphatic hydroxyl groups is 1. The van der Waals surface area contributed by atoms with Crippen molar-refractivity contribution in [2.75, 3.05) is 13.2 Å². The molecule has 6 N–H and O–H groups in total. The number of aromatic nitrogens is 3. The molecule has 9 nitrogen and oxygen atoms in total. The van der Waals surface area contributed by atoms with Crippen LogP contribution < -0.4 is 17.2 Å². The van der Waals surface area contributed by atoms with Gasteiger partial charge in [-0.3, -0.25) is 9.56 Å². The number of rotatable bonds is 13. The van der Waals surface area contributed by atoms with Gasteiger partial charge in [0.05, 0.1) is 35.7 Å². The van der Waals surface area contributed by atoms with Crippen molar-refractivity contribution >= 4 is 28.6 Å².